The average Bonchev–Trinajstić information content (AvgIpc) is 2.77. The summed E-state index contributed by atoms with van der Waals surface area (Å²) < 4.78 is 0. The molecule has 3 fully saturated rings. The molecule has 2 aliphatic heterocycles. The van der Waals surface area contributed by atoms with Gasteiger partial charge in [0.2, 0.25) is 0 Å². The quantitative estimate of drug-likeness (QED) is 0.672. The Balaban J connectivity index is 1.55. The van der Waals surface area contributed by atoms with E-state index in [-0.39, 0.29) is 0 Å². The lowest BCUT2D eigenvalue weighted by molar-refractivity contribution is 0.0518. The van der Waals surface area contributed by atoms with Crippen LogP contribution in [0, 0.1) is 5.92 Å². The maximum absolute atomic E-state index is 2.82. The molecule has 1 atom stereocenters. The highest BCUT2D eigenvalue weighted by Crippen LogP contribution is 2.30. The van der Waals surface area contributed by atoms with Gasteiger partial charge in [0.1, 0.15) is 0 Å². The molecule has 0 radical (unpaired) electrons. The summed E-state index contributed by atoms with van der Waals surface area (Å²) in [4.78, 5) is 5.54. The summed E-state index contributed by atoms with van der Waals surface area (Å²) in [7, 11) is 0. The molecule has 0 N–H and O–H groups in total. The molecule has 3 aliphatic rings. The highest BCUT2D eigenvalue weighted by Gasteiger charge is 2.34. The first-order chi connectivity index (χ1) is 7.83. The fraction of sp³-hybridized carbons (Fsp3) is 1.00. The first-order valence-corrected chi connectivity index (χ1v) is 7.31. The average molecular weight is 222 g/mol. The fourth-order valence-electron chi connectivity index (χ4n) is 3.95. The van der Waals surface area contributed by atoms with Gasteiger partial charge in [-0.05, 0) is 51.0 Å². The first-order valence-electron chi connectivity index (χ1n) is 7.31. The molecule has 0 bridgehead atoms. The molecule has 1 aliphatic carbocycles. The van der Waals surface area contributed by atoms with E-state index >= 15 is 0 Å². The third kappa shape index (κ3) is 2.14. The zero-order valence-electron chi connectivity index (χ0n) is 10.7. The van der Waals surface area contributed by atoms with Crippen LogP contribution in [0.3, 0.4) is 0 Å². The van der Waals surface area contributed by atoms with E-state index in [2.05, 4.69) is 16.7 Å². The lowest BCUT2D eigenvalue weighted by Crippen LogP contribution is -2.53. The van der Waals surface area contributed by atoms with Crippen LogP contribution >= 0.6 is 0 Å². The third-order valence-electron chi connectivity index (χ3n) is 5.12. The Bertz CT molecular complexity index is 233. The van der Waals surface area contributed by atoms with Gasteiger partial charge in [-0.1, -0.05) is 6.92 Å². The van der Waals surface area contributed by atoms with Crippen LogP contribution < -0.4 is 0 Å². The zero-order chi connectivity index (χ0) is 11.0. The van der Waals surface area contributed by atoms with Crippen LogP contribution in [0.2, 0.25) is 0 Å². The molecular formula is C14H26N2. The van der Waals surface area contributed by atoms with Gasteiger partial charge in [-0.3, -0.25) is 9.80 Å². The minimum absolute atomic E-state index is 0.910. The molecule has 2 heterocycles. The summed E-state index contributed by atoms with van der Waals surface area (Å²) in [6, 6.07) is 1.84. The van der Waals surface area contributed by atoms with Crippen LogP contribution in [-0.4, -0.2) is 48.1 Å². The molecule has 0 spiro atoms. The molecular weight excluding hydrogens is 196 g/mol. The minimum Gasteiger partial charge on any atom is -0.298 e. The predicted molar refractivity (Wildman–Crippen MR) is 67.6 cm³/mol. The highest BCUT2D eigenvalue weighted by molar-refractivity contribution is 4.90. The Labute approximate surface area is 100.0 Å². The van der Waals surface area contributed by atoms with Crippen molar-refractivity contribution in [3.05, 3.63) is 0 Å². The van der Waals surface area contributed by atoms with Crippen LogP contribution in [0.1, 0.15) is 45.4 Å². The van der Waals surface area contributed by atoms with Crippen molar-refractivity contribution in [3.63, 3.8) is 0 Å². The van der Waals surface area contributed by atoms with E-state index in [9.17, 15) is 0 Å². The lowest BCUT2D eigenvalue weighted by atomic mass is 9.86. The van der Waals surface area contributed by atoms with Gasteiger partial charge in [0.15, 0.2) is 0 Å². The largest absolute Gasteiger partial charge is 0.298 e. The van der Waals surface area contributed by atoms with Crippen molar-refractivity contribution in [2.24, 2.45) is 5.92 Å². The Morgan fingerprint density at radius 3 is 2.31 bits per heavy atom. The number of rotatable bonds is 1. The summed E-state index contributed by atoms with van der Waals surface area (Å²) >= 11 is 0. The molecule has 2 nitrogen and oxygen atoms in total. The molecule has 0 aromatic heterocycles. The minimum atomic E-state index is 0.910. The summed E-state index contributed by atoms with van der Waals surface area (Å²) in [6.45, 7) is 7.86. The molecule has 0 aromatic carbocycles. The van der Waals surface area contributed by atoms with E-state index in [1.54, 1.807) is 0 Å². The molecule has 92 valence electrons. The van der Waals surface area contributed by atoms with E-state index in [1.165, 1.54) is 64.7 Å². The van der Waals surface area contributed by atoms with Crippen molar-refractivity contribution in [3.8, 4) is 0 Å². The first kappa shape index (κ1) is 11.0. The van der Waals surface area contributed by atoms with Crippen LogP contribution in [-0.2, 0) is 0 Å². The van der Waals surface area contributed by atoms with Gasteiger partial charge in [-0.2, -0.15) is 0 Å². The third-order valence-corrected chi connectivity index (χ3v) is 5.12. The Hall–Kier alpha value is -0.0800. The molecule has 1 unspecified atom stereocenters. The fourth-order valence-corrected chi connectivity index (χ4v) is 3.95. The molecule has 2 heteroatoms. The second-order valence-electron chi connectivity index (χ2n) is 6.24. The van der Waals surface area contributed by atoms with E-state index in [1.807, 2.05) is 0 Å². The molecule has 16 heavy (non-hydrogen) atoms. The van der Waals surface area contributed by atoms with Gasteiger partial charge >= 0.3 is 0 Å². The molecule has 3 rings (SSSR count). The summed E-state index contributed by atoms with van der Waals surface area (Å²) in [5.41, 5.74) is 0. The van der Waals surface area contributed by atoms with Crippen molar-refractivity contribution in [1.29, 1.82) is 0 Å². The standard InChI is InChI=1S/C14H26N2/c1-12-4-6-13(7-5-12)16-10-9-15-8-2-3-14(15)11-16/h12-14H,2-11H2,1H3. The molecule has 2 saturated heterocycles. The number of fused-ring (bicyclic) bond motifs is 1. The summed E-state index contributed by atoms with van der Waals surface area (Å²) in [5.74, 6) is 0.990. The Kier molecular flexibility index (Phi) is 3.21. The maximum atomic E-state index is 2.82. The molecule has 0 aromatic rings. The molecule has 1 saturated carbocycles. The van der Waals surface area contributed by atoms with Crippen molar-refractivity contribution in [2.45, 2.75) is 57.5 Å². The summed E-state index contributed by atoms with van der Waals surface area (Å²) in [6.07, 6.45) is 8.77. The van der Waals surface area contributed by atoms with Gasteiger partial charge in [0, 0.05) is 31.7 Å². The van der Waals surface area contributed by atoms with E-state index < -0.39 is 0 Å². The maximum Gasteiger partial charge on any atom is 0.0224 e. The van der Waals surface area contributed by atoms with E-state index in [0.717, 1.165) is 18.0 Å². The van der Waals surface area contributed by atoms with Crippen molar-refractivity contribution in [1.82, 2.24) is 9.80 Å². The van der Waals surface area contributed by atoms with Crippen LogP contribution in [0.15, 0.2) is 0 Å². The Morgan fingerprint density at radius 1 is 0.750 bits per heavy atom. The van der Waals surface area contributed by atoms with Gasteiger partial charge in [-0.15, -0.1) is 0 Å². The van der Waals surface area contributed by atoms with Crippen LogP contribution in [0.25, 0.3) is 0 Å². The van der Waals surface area contributed by atoms with Gasteiger partial charge in [0.25, 0.3) is 0 Å². The monoisotopic (exact) mass is 222 g/mol. The number of hydrogen-bond donors (Lipinski definition) is 0. The zero-order valence-corrected chi connectivity index (χ0v) is 10.7. The topological polar surface area (TPSA) is 6.48 Å². The van der Waals surface area contributed by atoms with Crippen LogP contribution in [0.4, 0.5) is 0 Å². The number of piperazine rings is 1. The molecule has 0 amide bonds. The summed E-state index contributed by atoms with van der Waals surface area (Å²) in [5, 5.41) is 0. The van der Waals surface area contributed by atoms with Crippen LogP contribution in [0.5, 0.6) is 0 Å². The van der Waals surface area contributed by atoms with E-state index in [4.69, 9.17) is 0 Å². The highest BCUT2D eigenvalue weighted by atomic mass is 15.3. The normalized spacial score (nSPS) is 42.2. The Morgan fingerprint density at radius 2 is 1.50 bits per heavy atom. The van der Waals surface area contributed by atoms with Gasteiger partial charge in [0.05, 0.1) is 0 Å². The van der Waals surface area contributed by atoms with Gasteiger partial charge < -0.3 is 0 Å². The second kappa shape index (κ2) is 4.66. The van der Waals surface area contributed by atoms with Crippen molar-refractivity contribution in [2.75, 3.05) is 26.2 Å². The van der Waals surface area contributed by atoms with E-state index in [0.29, 0.717) is 0 Å². The second-order valence-corrected chi connectivity index (χ2v) is 6.24. The number of nitrogens with zero attached hydrogens (tertiary/aromatic N) is 2. The van der Waals surface area contributed by atoms with Crippen molar-refractivity contribution >= 4 is 0 Å². The SMILES string of the molecule is CC1CCC(N2CCN3CCCC3C2)CC1. The smallest absolute Gasteiger partial charge is 0.0224 e. The number of hydrogen-bond acceptors (Lipinski definition) is 2. The predicted octanol–water partition coefficient (Wildman–Crippen LogP) is 2.35. The van der Waals surface area contributed by atoms with Crippen molar-refractivity contribution < 1.29 is 0 Å². The van der Waals surface area contributed by atoms with Gasteiger partial charge in [-0.25, -0.2) is 0 Å². The lowest BCUT2D eigenvalue weighted by Gasteiger charge is -2.43.